The van der Waals surface area contributed by atoms with Crippen molar-refractivity contribution >= 4 is 21.8 Å². The van der Waals surface area contributed by atoms with Crippen LogP contribution in [-0.4, -0.2) is 38.9 Å². The van der Waals surface area contributed by atoms with Crippen molar-refractivity contribution in [3.05, 3.63) is 23.0 Å². The lowest BCUT2D eigenvalue weighted by Crippen LogP contribution is -2.44. The first-order chi connectivity index (χ1) is 9.13. The lowest BCUT2D eigenvalue weighted by atomic mass is 9.98. The Morgan fingerprint density at radius 2 is 2.21 bits per heavy atom. The number of hydrogen-bond acceptors (Lipinski definition) is 3. The highest BCUT2D eigenvalue weighted by Gasteiger charge is 2.28. The molecule has 0 saturated carbocycles. The summed E-state index contributed by atoms with van der Waals surface area (Å²) in [5.74, 6) is 0.112. The topological polar surface area (TPSA) is 46.1 Å². The van der Waals surface area contributed by atoms with Crippen molar-refractivity contribution in [2.24, 2.45) is 0 Å². The van der Waals surface area contributed by atoms with Gasteiger partial charge in [-0.1, -0.05) is 15.9 Å². The largest absolute Gasteiger partial charge is 0.336 e. The summed E-state index contributed by atoms with van der Waals surface area (Å²) in [6, 6.07) is 2.21. The molecule has 1 unspecified atom stereocenters. The number of hydrogen-bond donors (Lipinski definition) is 0. The van der Waals surface area contributed by atoms with Crippen LogP contribution in [0.5, 0.6) is 0 Å². The molecule has 0 aliphatic carbocycles. The predicted octanol–water partition coefficient (Wildman–Crippen LogP) is 2.87. The third kappa shape index (κ3) is 3.32. The van der Waals surface area contributed by atoms with Gasteiger partial charge in [0.1, 0.15) is 0 Å². The normalized spacial score (nSPS) is 19.5. The van der Waals surface area contributed by atoms with E-state index >= 15 is 0 Å². The molecule has 4 nitrogen and oxygen atoms in total. The number of rotatable bonds is 3. The molecule has 1 aliphatic rings. The monoisotopic (exact) mass is 325 g/mol. The maximum atomic E-state index is 12.7. The average Bonchev–Trinajstić information content (AvgIpc) is 2.42. The highest BCUT2D eigenvalue weighted by atomic mass is 79.9. The number of alkyl halides is 1. The van der Waals surface area contributed by atoms with Crippen LogP contribution in [0.15, 0.2) is 6.07 Å². The van der Waals surface area contributed by atoms with Crippen LogP contribution in [0.3, 0.4) is 0 Å². The zero-order valence-electron chi connectivity index (χ0n) is 11.5. The number of piperidine rings is 1. The highest BCUT2D eigenvalue weighted by molar-refractivity contribution is 9.09. The zero-order valence-corrected chi connectivity index (χ0v) is 13.1. The lowest BCUT2D eigenvalue weighted by Gasteiger charge is -2.35. The maximum absolute atomic E-state index is 12.7. The number of carbonyl (C=O) groups is 1. The molecule has 1 saturated heterocycles. The molecule has 1 fully saturated rings. The second kappa shape index (κ2) is 6.46. The molecule has 1 atom stereocenters. The molecule has 104 valence electrons. The van der Waals surface area contributed by atoms with Crippen molar-refractivity contribution in [2.75, 3.05) is 11.9 Å². The van der Waals surface area contributed by atoms with Crippen LogP contribution in [-0.2, 0) is 0 Å². The van der Waals surface area contributed by atoms with Gasteiger partial charge < -0.3 is 4.90 Å². The quantitative estimate of drug-likeness (QED) is 0.803. The predicted molar refractivity (Wildman–Crippen MR) is 78.6 cm³/mol. The molecular weight excluding hydrogens is 306 g/mol. The van der Waals surface area contributed by atoms with Gasteiger partial charge in [-0.25, -0.2) is 0 Å². The van der Waals surface area contributed by atoms with E-state index in [1.165, 1.54) is 6.42 Å². The van der Waals surface area contributed by atoms with Crippen molar-refractivity contribution in [2.45, 2.75) is 45.6 Å². The fraction of sp³-hybridized carbons (Fsp3) is 0.643. The number of likely N-dealkylation sites (tertiary alicyclic amines) is 1. The molecule has 0 spiro atoms. The van der Waals surface area contributed by atoms with Crippen molar-refractivity contribution in [3.63, 3.8) is 0 Å². The Bertz CT molecular complexity index is 462. The summed E-state index contributed by atoms with van der Waals surface area (Å²) in [5, 5.41) is 8.99. The van der Waals surface area contributed by atoms with Gasteiger partial charge in [-0.05, 0) is 45.6 Å². The van der Waals surface area contributed by atoms with E-state index in [4.69, 9.17) is 0 Å². The van der Waals surface area contributed by atoms with Crippen molar-refractivity contribution in [1.29, 1.82) is 0 Å². The zero-order chi connectivity index (χ0) is 13.8. The highest BCUT2D eigenvalue weighted by Crippen LogP contribution is 2.23. The molecular formula is C14H20BrN3O. The Morgan fingerprint density at radius 3 is 2.95 bits per heavy atom. The van der Waals surface area contributed by atoms with Gasteiger partial charge in [0.25, 0.3) is 5.91 Å². The van der Waals surface area contributed by atoms with E-state index in [2.05, 4.69) is 26.1 Å². The van der Waals surface area contributed by atoms with E-state index in [9.17, 15) is 4.79 Å². The summed E-state index contributed by atoms with van der Waals surface area (Å²) >= 11 is 3.48. The van der Waals surface area contributed by atoms with Gasteiger partial charge in [0.2, 0.25) is 0 Å². The number of aryl methyl sites for hydroxylation is 2. The second-order valence-electron chi connectivity index (χ2n) is 5.11. The molecule has 5 heteroatoms. The van der Waals surface area contributed by atoms with E-state index in [1.54, 1.807) is 0 Å². The van der Waals surface area contributed by atoms with E-state index in [0.29, 0.717) is 11.6 Å². The van der Waals surface area contributed by atoms with Gasteiger partial charge >= 0.3 is 0 Å². The van der Waals surface area contributed by atoms with Crippen LogP contribution in [0.1, 0.15) is 47.4 Å². The van der Waals surface area contributed by atoms with Gasteiger partial charge in [-0.2, -0.15) is 10.2 Å². The molecule has 1 aromatic heterocycles. The molecule has 2 rings (SSSR count). The molecule has 1 aliphatic heterocycles. The summed E-state index contributed by atoms with van der Waals surface area (Å²) in [5.41, 5.74) is 2.22. The Hall–Kier alpha value is -0.970. The number of nitrogens with zero attached hydrogens (tertiary/aromatic N) is 3. The molecule has 19 heavy (non-hydrogen) atoms. The molecule has 1 amide bonds. The van der Waals surface area contributed by atoms with E-state index in [0.717, 1.165) is 42.5 Å². The van der Waals surface area contributed by atoms with Crippen molar-refractivity contribution < 1.29 is 4.79 Å². The number of amides is 1. The minimum atomic E-state index is 0.112. The van der Waals surface area contributed by atoms with Crippen molar-refractivity contribution in [3.8, 4) is 0 Å². The van der Waals surface area contributed by atoms with Crippen LogP contribution in [0.4, 0.5) is 0 Å². The molecule has 0 aromatic carbocycles. The van der Waals surface area contributed by atoms with E-state index < -0.39 is 0 Å². The number of carbonyl (C=O) groups excluding carboxylic acids is 1. The summed E-state index contributed by atoms with van der Waals surface area (Å²) in [4.78, 5) is 14.7. The molecule has 0 N–H and O–H groups in total. The van der Waals surface area contributed by atoms with Gasteiger partial charge in [0.05, 0.1) is 17.0 Å². The second-order valence-corrected chi connectivity index (χ2v) is 5.90. The standard InChI is InChI=1S/C14H20BrN3O/c1-10-9-13(11(2)17-16-10)14(19)18-8-4-3-5-12(18)6-7-15/h9,12H,3-8H2,1-2H3. The first-order valence-corrected chi connectivity index (χ1v) is 7.93. The fourth-order valence-electron chi connectivity index (χ4n) is 2.62. The Balaban J connectivity index is 2.23. The maximum Gasteiger partial charge on any atom is 0.256 e. The van der Waals surface area contributed by atoms with Gasteiger partial charge in [-0.15, -0.1) is 0 Å². The summed E-state index contributed by atoms with van der Waals surface area (Å²) in [6.07, 6.45) is 4.44. The van der Waals surface area contributed by atoms with Crippen LogP contribution in [0, 0.1) is 13.8 Å². The Morgan fingerprint density at radius 1 is 1.42 bits per heavy atom. The number of halogens is 1. The summed E-state index contributed by atoms with van der Waals surface area (Å²) in [6.45, 7) is 4.58. The third-order valence-electron chi connectivity index (χ3n) is 3.66. The summed E-state index contributed by atoms with van der Waals surface area (Å²) < 4.78 is 0. The SMILES string of the molecule is Cc1cc(C(=O)N2CCCCC2CCBr)c(C)nn1. The summed E-state index contributed by atoms with van der Waals surface area (Å²) in [7, 11) is 0. The Labute approximate surface area is 122 Å². The molecule has 1 aromatic rings. The fourth-order valence-corrected chi connectivity index (χ4v) is 3.14. The smallest absolute Gasteiger partial charge is 0.256 e. The lowest BCUT2D eigenvalue weighted by molar-refractivity contribution is 0.0608. The first-order valence-electron chi connectivity index (χ1n) is 6.81. The van der Waals surface area contributed by atoms with Crippen LogP contribution < -0.4 is 0 Å². The van der Waals surface area contributed by atoms with E-state index in [1.807, 2.05) is 24.8 Å². The van der Waals surface area contributed by atoms with Crippen molar-refractivity contribution in [1.82, 2.24) is 15.1 Å². The van der Waals surface area contributed by atoms with Gasteiger partial charge in [-0.3, -0.25) is 4.79 Å². The van der Waals surface area contributed by atoms with Crippen LogP contribution >= 0.6 is 15.9 Å². The molecule has 0 radical (unpaired) electrons. The van der Waals surface area contributed by atoms with Gasteiger partial charge in [0.15, 0.2) is 0 Å². The average molecular weight is 326 g/mol. The van der Waals surface area contributed by atoms with E-state index in [-0.39, 0.29) is 5.91 Å². The molecule has 2 heterocycles. The number of aromatic nitrogens is 2. The van der Waals surface area contributed by atoms with Gasteiger partial charge in [0, 0.05) is 17.9 Å². The van der Waals surface area contributed by atoms with Crippen LogP contribution in [0.25, 0.3) is 0 Å². The molecule has 0 bridgehead atoms. The minimum Gasteiger partial charge on any atom is -0.336 e. The first kappa shape index (κ1) is 14.4. The minimum absolute atomic E-state index is 0.112. The van der Waals surface area contributed by atoms with Crippen LogP contribution in [0.2, 0.25) is 0 Å². The Kier molecular flexibility index (Phi) is 4.91. The third-order valence-corrected chi connectivity index (χ3v) is 4.12.